The summed E-state index contributed by atoms with van der Waals surface area (Å²) in [5, 5.41) is 9.72. The van der Waals surface area contributed by atoms with Crippen molar-refractivity contribution in [2.75, 3.05) is 5.73 Å². The second kappa shape index (κ2) is 6.58. The Balaban J connectivity index is 2.16. The van der Waals surface area contributed by atoms with Gasteiger partial charge in [-0.1, -0.05) is 60.7 Å². The number of hydrogen-bond acceptors (Lipinski definition) is 4. The molecule has 0 bridgehead atoms. The van der Waals surface area contributed by atoms with Gasteiger partial charge < -0.3 is 10.2 Å². The molecule has 0 spiro atoms. The van der Waals surface area contributed by atoms with Gasteiger partial charge in [0.05, 0.1) is 12.0 Å². The van der Waals surface area contributed by atoms with Crippen molar-refractivity contribution >= 4 is 5.82 Å². The lowest BCUT2D eigenvalue weighted by Gasteiger charge is -2.16. The van der Waals surface area contributed by atoms with Crippen LogP contribution in [0.25, 0.3) is 33.7 Å². The Morgan fingerprint density at radius 3 is 2.04 bits per heavy atom. The van der Waals surface area contributed by atoms with Crippen LogP contribution in [0.2, 0.25) is 0 Å². The molecule has 0 aliphatic heterocycles. The second-order valence-corrected chi connectivity index (χ2v) is 5.79. The molecule has 2 heterocycles. The Hall–Kier alpha value is -3.84. The van der Waals surface area contributed by atoms with Crippen molar-refractivity contribution in [2.24, 2.45) is 0 Å². The summed E-state index contributed by atoms with van der Waals surface area (Å²) in [6, 6.07) is 25.5. The van der Waals surface area contributed by atoms with Crippen LogP contribution in [0.3, 0.4) is 0 Å². The lowest BCUT2D eigenvalue weighted by molar-refractivity contribution is 0.582. The van der Waals surface area contributed by atoms with Crippen LogP contribution in [0, 0.1) is 11.3 Å². The van der Waals surface area contributed by atoms with E-state index in [1.807, 2.05) is 66.7 Å². The standard InChI is InChI=1S/C22H15N3O/c23-14-17-20(18-12-7-13-26-18)19(15-8-3-1-4-9-15)21(25-22(17)24)16-10-5-2-6-11-16/h1-13H,(H2,24,25). The first-order valence-corrected chi connectivity index (χ1v) is 8.18. The summed E-state index contributed by atoms with van der Waals surface area (Å²) in [5.41, 5.74) is 10.6. The number of pyridine rings is 1. The third-order valence-corrected chi connectivity index (χ3v) is 4.21. The lowest BCUT2D eigenvalue weighted by Crippen LogP contribution is -2.03. The number of nitrogens with zero attached hydrogens (tertiary/aromatic N) is 2. The maximum atomic E-state index is 9.72. The van der Waals surface area contributed by atoms with E-state index in [2.05, 4.69) is 11.1 Å². The summed E-state index contributed by atoms with van der Waals surface area (Å²) in [6.45, 7) is 0. The van der Waals surface area contributed by atoms with E-state index in [0.29, 0.717) is 16.9 Å². The number of hydrogen-bond donors (Lipinski definition) is 1. The summed E-state index contributed by atoms with van der Waals surface area (Å²) in [6.07, 6.45) is 1.59. The SMILES string of the molecule is N#Cc1c(N)nc(-c2ccccc2)c(-c2ccccc2)c1-c1ccco1. The molecule has 4 aromatic rings. The first-order chi connectivity index (χ1) is 12.8. The van der Waals surface area contributed by atoms with Crippen LogP contribution in [0.4, 0.5) is 5.82 Å². The number of nitrogen functional groups attached to an aromatic ring is 1. The van der Waals surface area contributed by atoms with Gasteiger partial charge in [-0.15, -0.1) is 0 Å². The van der Waals surface area contributed by atoms with E-state index in [4.69, 9.17) is 10.2 Å². The zero-order chi connectivity index (χ0) is 17.9. The van der Waals surface area contributed by atoms with Crippen LogP contribution in [-0.2, 0) is 0 Å². The summed E-state index contributed by atoms with van der Waals surface area (Å²) in [5.74, 6) is 0.782. The number of furan rings is 1. The van der Waals surface area contributed by atoms with Gasteiger partial charge in [-0.25, -0.2) is 4.98 Å². The van der Waals surface area contributed by atoms with Gasteiger partial charge in [0.25, 0.3) is 0 Å². The molecule has 0 amide bonds. The average Bonchev–Trinajstić information content (AvgIpc) is 3.23. The van der Waals surface area contributed by atoms with E-state index in [0.717, 1.165) is 22.4 Å². The van der Waals surface area contributed by atoms with Crippen molar-refractivity contribution in [2.45, 2.75) is 0 Å². The first-order valence-electron chi connectivity index (χ1n) is 8.18. The van der Waals surface area contributed by atoms with Crippen molar-refractivity contribution in [1.29, 1.82) is 5.26 Å². The molecule has 2 N–H and O–H groups in total. The molecule has 4 rings (SSSR count). The van der Waals surface area contributed by atoms with Gasteiger partial charge in [0.15, 0.2) is 0 Å². The summed E-state index contributed by atoms with van der Waals surface area (Å²) in [4.78, 5) is 4.57. The van der Waals surface area contributed by atoms with Crippen molar-refractivity contribution in [3.8, 4) is 39.8 Å². The minimum Gasteiger partial charge on any atom is -0.464 e. The monoisotopic (exact) mass is 337 g/mol. The molecule has 124 valence electrons. The fourth-order valence-corrected chi connectivity index (χ4v) is 3.07. The van der Waals surface area contributed by atoms with Crippen molar-refractivity contribution in [3.05, 3.63) is 84.6 Å². The molecule has 0 atom stereocenters. The Labute approximate surface area is 151 Å². The van der Waals surface area contributed by atoms with Crippen molar-refractivity contribution in [1.82, 2.24) is 4.98 Å². The van der Waals surface area contributed by atoms with Crippen LogP contribution in [0.5, 0.6) is 0 Å². The van der Waals surface area contributed by atoms with Gasteiger partial charge in [-0.3, -0.25) is 0 Å². The zero-order valence-corrected chi connectivity index (χ0v) is 13.9. The van der Waals surface area contributed by atoms with Crippen LogP contribution < -0.4 is 5.73 Å². The van der Waals surface area contributed by atoms with Crippen LogP contribution in [0.15, 0.2) is 83.5 Å². The van der Waals surface area contributed by atoms with Crippen LogP contribution in [0.1, 0.15) is 5.56 Å². The van der Waals surface area contributed by atoms with Crippen molar-refractivity contribution < 1.29 is 4.42 Å². The number of rotatable bonds is 3. The Kier molecular flexibility index (Phi) is 3.97. The molecule has 0 radical (unpaired) electrons. The van der Waals surface area contributed by atoms with E-state index >= 15 is 0 Å². The topological polar surface area (TPSA) is 75.8 Å². The van der Waals surface area contributed by atoms with E-state index in [-0.39, 0.29) is 5.82 Å². The summed E-state index contributed by atoms with van der Waals surface area (Å²) >= 11 is 0. The molecule has 4 nitrogen and oxygen atoms in total. The third-order valence-electron chi connectivity index (χ3n) is 4.21. The van der Waals surface area contributed by atoms with Gasteiger partial charge >= 0.3 is 0 Å². The maximum absolute atomic E-state index is 9.72. The second-order valence-electron chi connectivity index (χ2n) is 5.79. The van der Waals surface area contributed by atoms with E-state index in [9.17, 15) is 5.26 Å². The smallest absolute Gasteiger partial charge is 0.142 e. The largest absolute Gasteiger partial charge is 0.464 e. The molecule has 0 aliphatic rings. The minimum absolute atomic E-state index is 0.192. The van der Waals surface area contributed by atoms with E-state index in [1.54, 1.807) is 12.3 Å². The number of nitrogens with two attached hydrogens (primary N) is 1. The number of aromatic nitrogens is 1. The van der Waals surface area contributed by atoms with Crippen molar-refractivity contribution in [3.63, 3.8) is 0 Å². The minimum atomic E-state index is 0.192. The van der Waals surface area contributed by atoms with E-state index in [1.165, 1.54) is 0 Å². The highest BCUT2D eigenvalue weighted by Gasteiger charge is 2.23. The Morgan fingerprint density at radius 1 is 0.808 bits per heavy atom. The van der Waals surface area contributed by atoms with Gasteiger partial charge in [-0.2, -0.15) is 5.26 Å². The molecular weight excluding hydrogens is 322 g/mol. The average molecular weight is 337 g/mol. The van der Waals surface area contributed by atoms with Gasteiger partial charge in [0.2, 0.25) is 0 Å². The highest BCUT2D eigenvalue weighted by atomic mass is 16.3. The van der Waals surface area contributed by atoms with Crippen LogP contribution in [-0.4, -0.2) is 4.98 Å². The highest BCUT2D eigenvalue weighted by molar-refractivity contribution is 5.96. The molecule has 0 aliphatic carbocycles. The van der Waals surface area contributed by atoms with Gasteiger partial charge in [-0.05, 0) is 17.7 Å². The van der Waals surface area contributed by atoms with Gasteiger partial charge in [0.1, 0.15) is 23.2 Å². The first kappa shape index (κ1) is 15.7. The van der Waals surface area contributed by atoms with E-state index < -0.39 is 0 Å². The molecular formula is C22H15N3O. The number of benzene rings is 2. The maximum Gasteiger partial charge on any atom is 0.142 e. The fourth-order valence-electron chi connectivity index (χ4n) is 3.07. The fraction of sp³-hybridized carbons (Fsp3) is 0. The molecule has 2 aromatic carbocycles. The molecule has 26 heavy (non-hydrogen) atoms. The predicted octanol–water partition coefficient (Wildman–Crippen LogP) is 5.13. The molecule has 0 unspecified atom stereocenters. The number of anilines is 1. The normalized spacial score (nSPS) is 10.4. The third kappa shape index (κ3) is 2.62. The molecule has 0 fully saturated rings. The Morgan fingerprint density at radius 2 is 1.46 bits per heavy atom. The van der Waals surface area contributed by atoms with Crippen LogP contribution >= 0.6 is 0 Å². The quantitative estimate of drug-likeness (QED) is 0.562. The number of nitriles is 1. The molecule has 4 heteroatoms. The molecule has 0 saturated heterocycles. The zero-order valence-electron chi connectivity index (χ0n) is 13.9. The molecule has 0 saturated carbocycles. The Bertz CT molecular complexity index is 1080. The predicted molar refractivity (Wildman–Crippen MR) is 102 cm³/mol. The summed E-state index contributed by atoms with van der Waals surface area (Å²) in [7, 11) is 0. The summed E-state index contributed by atoms with van der Waals surface area (Å²) < 4.78 is 5.64. The van der Waals surface area contributed by atoms with Gasteiger partial charge in [0, 0.05) is 16.7 Å². The highest BCUT2D eigenvalue weighted by Crippen LogP contribution is 2.42. The molecule has 2 aromatic heterocycles. The lowest BCUT2D eigenvalue weighted by atomic mass is 9.90.